The van der Waals surface area contributed by atoms with E-state index in [2.05, 4.69) is 34.5 Å². The fourth-order valence-electron chi connectivity index (χ4n) is 6.21. The van der Waals surface area contributed by atoms with E-state index in [0.717, 1.165) is 35.9 Å². The van der Waals surface area contributed by atoms with Crippen LogP contribution in [-0.2, 0) is 10.2 Å². The summed E-state index contributed by atoms with van der Waals surface area (Å²) < 4.78 is 8.00. The normalized spacial score (nSPS) is 31.6. The van der Waals surface area contributed by atoms with E-state index in [1.165, 1.54) is 50.3 Å². The van der Waals surface area contributed by atoms with Crippen molar-refractivity contribution < 1.29 is 9.21 Å². The lowest BCUT2D eigenvalue weighted by atomic mass is 9.49. The highest BCUT2D eigenvalue weighted by molar-refractivity contribution is 8.00. The average molecular weight is 430 g/mol. The van der Waals surface area contributed by atoms with E-state index in [1.807, 2.05) is 17.7 Å². The van der Waals surface area contributed by atoms with Crippen LogP contribution in [0.25, 0.3) is 0 Å². The number of thioether (sulfide) groups is 1. The van der Waals surface area contributed by atoms with Crippen LogP contribution in [0.2, 0.25) is 0 Å². The van der Waals surface area contributed by atoms with Gasteiger partial charge in [0, 0.05) is 11.5 Å². The molecular weight excluding hydrogens is 398 g/mol. The lowest BCUT2D eigenvalue weighted by Gasteiger charge is -2.55. The number of amides is 1. The predicted molar refractivity (Wildman–Crippen MR) is 115 cm³/mol. The maximum absolute atomic E-state index is 12.7. The third-order valence-corrected chi connectivity index (χ3v) is 8.41. The monoisotopic (exact) mass is 429 g/mol. The van der Waals surface area contributed by atoms with Gasteiger partial charge in [-0.15, -0.1) is 10.2 Å². The van der Waals surface area contributed by atoms with Crippen LogP contribution in [0, 0.1) is 17.8 Å². The van der Waals surface area contributed by atoms with Crippen molar-refractivity contribution in [3.05, 3.63) is 18.2 Å². The molecule has 4 saturated carbocycles. The van der Waals surface area contributed by atoms with Crippen LogP contribution in [0.3, 0.4) is 0 Å². The van der Waals surface area contributed by atoms with E-state index >= 15 is 0 Å². The Bertz CT molecular complexity index is 887. The summed E-state index contributed by atoms with van der Waals surface area (Å²) in [6, 6.07) is 2.07. The van der Waals surface area contributed by atoms with Gasteiger partial charge in [-0.05, 0) is 76.5 Å². The van der Waals surface area contributed by atoms with Crippen molar-refractivity contribution in [2.45, 2.75) is 87.6 Å². The van der Waals surface area contributed by atoms with E-state index in [-0.39, 0.29) is 22.6 Å². The SMILES string of the molecule is CC[C@H](C)n1nccc1NC(=O)[C@H](C)Sc1nnc(C23CC4CC(CC(C4)C2)C3)o1. The first kappa shape index (κ1) is 20.1. The second-order valence-corrected chi connectivity index (χ2v) is 11.0. The first-order valence-corrected chi connectivity index (χ1v) is 12.2. The first-order chi connectivity index (χ1) is 14.5. The topological polar surface area (TPSA) is 85.8 Å². The van der Waals surface area contributed by atoms with Crippen LogP contribution >= 0.6 is 11.8 Å². The lowest BCUT2D eigenvalue weighted by molar-refractivity contribution is -0.115. The molecule has 2 aromatic rings. The second-order valence-electron chi connectivity index (χ2n) is 9.74. The maximum Gasteiger partial charge on any atom is 0.277 e. The van der Waals surface area contributed by atoms with Crippen LogP contribution in [-0.4, -0.2) is 31.1 Å². The largest absolute Gasteiger partial charge is 0.415 e. The standard InChI is InChI=1S/C22H31N5O2S/c1-4-13(2)27-18(5-6-23-27)24-19(28)14(3)30-21-26-25-20(29-21)22-10-15-7-16(11-22)9-17(8-15)12-22/h5-6,13-17H,4,7-12H2,1-3H3,(H,24,28)/t13-,14-,15?,16?,17?,22?/m0/s1. The Kier molecular flexibility index (Phi) is 5.16. The molecular formula is C22H31N5O2S. The molecule has 4 aliphatic carbocycles. The van der Waals surface area contributed by atoms with Gasteiger partial charge in [0.2, 0.25) is 11.8 Å². The van der Waals surface area contributed by atoms with Crippen LogP contribution < -0.4 is 5.32 Å². The van der Waals surface area contributed by atoms with Crippen LogP contribution in [0.4, 0.5) is 5.82 Å². The molecule has 162 valence electrons. The molecule has 0 spiro atoms. The molecule has 30 heavy (non-hydrogen) atoms. The Morgan fingerprint density at radius 1 is 1.23 bits per heavy atom. The highest BCUT2D eigenvalue weighted by atomic mass is 32.2. The van der Waals surface area contributed by atoms with E-state index in [9.17, 15) is 4.79 Å². The fourth-order valence-corrected chi connectivity index (χ4v) is 6.90. The predicted octanol–water partition coefficient (Wildman–Crippen LogP) is 4.82. The number of rotatable bonds is 7. The molecule has 0 radical (unpaired) electrons. The Morgan fingerprint density at radius 2 is 1.90 bits per heavy atom. The van der Waals surface area contributed by atoms with Gasteiger partial charge in [0.25, 0.3) is 5.22 Å². The summed E-state index contributed by atoms with van der Waals surface area (Å²) >= 11 is 1.34. The van der Waals surface area contributed by atoms with Crippen molar-refractivity contribution in [2.75, 3.05) is 5.32 Å². The number of nitrogens with one attached hydrogen (secondary N) is 1. The van der Waals surface area contributed by atoms with E-state index < -0.39 is 0 Å². The summed E-state index contributed by atoms with van der Waals surface area (Å²) in [6.07, 6.45) is 10.4. The molecule has 4 fully saturated rings. The zero-order valence-corrected chi connectivity index (χ0v) is 18.8. The summed E-state index contributed by atoms with van der Waals surface area (Å²) in [5, 5.41) is 16.2. The Balaban J connectivity index is 1.24. The average Bonchev–Trinajstić information content (AvgIpc) is 3.36. The number of hydrogen-bond donors (Lipinski definition) is 1. The number of nitrogens with zero attached hydrogens (tertiary/aromatic N) is 4. The lowest BCUT2D eigenvalue weighted by Crippen LogP contribution is -2.48. The zero-order chi connectivity index (χ0) is 20.9. The van der Waals surface area contributed by atoms with Crippen molar-refractivity contribution >= 4 is 23.5 Å². The van der Waals surface area contributed by atoms with Crippen molar-refractivity contribution in [1.29, 1.82) is 0 Å². The van der Waals surface area contributed by atoms with Crippen molar-refractivity contribution in [3.63, 3.8) is 0 Å². The smallest absolute Gasteiger partial charge is 0.277 e. The molecule has 0 aliphatic heterocycles. The van der Waals surface area contributed by atoms with Crippen LogP contribution in [0.5, 0.6) is 0 Å². The van der Waals surface area contributed by atoms with Gasteiger partial charge in [0.15, 0.2) is 0 Å². The van der Waals surface area contributed by atoms with Gasteiger partial charge in [-0.2, -0.15) is 5.10 Å². The highest BCUT2D eigenvalue weighted by Crippen LogP contribution is 2.60. The van der Waals surface area contributed by atoms with Gasteiger partial charge in [-0.3, -0.25) is 4.79 Å². The number of carbonyl (C=O) groups excluding carboxylic acids is 1. The van der Waals surface area contributed by atoms with Gasteiger partial charge >= 0.3 is 0 Å². The quantitative estimate of drug-likeness (QED) is 0.635. The Hall–Kier alpha value is -1.83. The molecule has 0 saturated heterocycles. The third-order valence-electron chi connectivity index (χ3n) is 7.48. The number of hydrogen-bond acceptors (Lipinski definition) is 6. The van der Waals surface area contributed by atoms with Crippen LogP contribution in [0.15, 0.2) is 21.9 Å². The fraction of sp³-hybridized carbons (Fsp3) is 0.727. The minimum atomic E-state index is -0.338. The molecule has 0 aromatic carbocycles. The molecule has 1 amide bonds. The first-order valence-electron chi connectivity index (χ1n) is 11.3. The number of anilines is 1. The van der Waals surface area contributed by atoms with Gasteiger partial charge in [-0.1, -0.05) is 18.7 Å². The van der Waals surface area contributed by atoms with Gasteiger partial charge in [0.05, 0.1) is 17.5 Å². The molecule has 2 heterocycles. The summed E-state index contributed by atoms with van der Waals surface area (Å²) in [5.74, 6) is 3.95. The zero-order valence-electron chi connectivity index (χ0n) is 18.0. The third kappa shape index (κ3) is 3.57. The molecule has 4 bridgehead atoms. The van der Waals surface area contributed by atoms with Crippen molar-refractivity contribution in [1.82, 2.24) is 20.0 Å². The molecule has 6 rings (SSSR count). The van der Waals surface area contributed by atoms with E-state index in [4.69, 9.17) is 4.42 Å². The van der Waals surface area contributed by atoms with E-state index in [0.29, 0.717) is 5.22 Å². The van der Waals surface area contributed by atoms with E-state index in [1.54, 1.807) is 6.20 Å². The summed E-state index contributed by atoms with van der Waals surface area (Å²) in [4.78, 5) is 12.7. The minimum Gasteiger partial charge on any atom is -0.415 e. The van der Waals surface area contributed by atoms with Gasteiger partial charge in [-0.25, -0.2) is 4.68 Å². The Morgan fingerprint density at radius 3 is 2.53 bits per heavy atom. The Labute approximate surface area is 181 Å². The van der Waals surface area contributed by atoms with Crippen molar-refractivity contribution in [2.24, 2.45) is 17.8 Å². The van der Waals surface area contributed by atoms with Gasteiger partial charge in [0.1, 0.15) is 5.82 Å². The van der Waals surface area contributed by atoms with Gasteiger partial charge < -0.3 is 9.73 Å². The molecule has 2 atom stereocenters. The summed E-state index contributed by atoms with van der Waals surface area (Å²) in [7, 11) is 0. The molecule has 1 N–H and O–H groups in total. The minimum absolute atomic E-state index is 0.0837. The molecule has 4 aliphatic rings. The summed E-state index contributed by atoms with van der Waals surface area (Å²) in [5.41, 5.74) is 0.0921. The number of aromatic nitrogens is 4. The second kappa shape index (κ2) is 7.70. The maximum atomic E-state index is 12.7. The molecule has 0 unspecified atom stereocenters. The van der Waals surface area contributed by atoms with Crippen molar-refractivity contribution in [3.8, 4) is 0 Å². The number of carbonyl (C=O) groups is 1. The molecule has 2 aromatic heterocycles. The van der Waals surface area contributed by atoms with Crippen LogP contribution in [0.1, 0.15) is 77.6 Å². The highest BCUT2D eigenvalue weighted by Gasteiger charge is 2.54. The molecule has 7 nitrogen and oxygen atoms in total. The summed E-state index contributed by atoms with van der Waals surface area (Å²) in [6.45, 7) is 6.07. The molecule has 8 heteroatoms.